The van der Waals surface area contributed by atoms with Crippen LogP contribution in [0.2, 0.25) is 0 Å². The fourth-order valence-corrected chi connectivity index (χ4v) is 7.96. The van der Waals surface area contributed by atoms with E-state index in [1.54, 1.807) is 97.1 Å². The highest BCUT2D eigenvalue weighted by atomic mass is 31.2. The molecule has 340 valence electrons. The Morgan fingerprint density at radius 2 is 1.18 bits per heavy atom. The van der Waals surface area contributed by atoms with Crippen molar-refractivity contribution in [2.45, 2.75) is 45.3 Å². The number of ether oxygens (including phenoxy) is 3. The average molecular weight is 915 g/mol. The van der Waals surface area contributed by atoms with Crippen LogP contribution in [0.1, 0.15) is 68.4 Å². The smallest absolute Gasteiger partial charge is 0.437 e. The van der Waals surface area contributed by atoms with Gasteiger partial charge in [0.25, 0.3) is 11.8 Å². The number of rotatable bonds is 15. The van der Waals surface area contributed by atoms with Crippen LogP contribution in [0.25, 0.3) is 11.2 Å². The van der Waals surface area contributed by atoms with Gasteiger partial charge in [-0.15, -0.1) is 0 Å². The second-order valence-electron chi connectivity index (χ2n) is 14.6. The van der Waals surface area contributed by atoms with Crippen LogP contribution < -0.4 is 4.90 Å². The molecule has 1 saturated heterocycles. The minimum absolute atomic E-state index is 0.0182. The van der Waals surface area contributed by atoms with E-state index in [2.05, 4.69) is 45.6 Å². The van der Waals surface area contributed by atoms with E-state index in [1.807, 2.05) is 0 Å². The number of amides is 2. The van der Waals surface area contributed by atoms with Gasteiger partial charge in [-0.25, -0.2) is 43.3 Å². The van der Waals surface area contributed by atoms with E-state index in [9.17, 15) is 28.6 Å². The van der Waals surface area contributed by atoms with Crippen LogP contribution in [0, 0.1) is 0 Å². The maximum atomic E-state index is 14.1. The average Bonchev–Trinajstić information content (AvgIpc) is 4.14. The predicted molar refractivity (Wildman–Crippen MR) is 241 cm³/mol. The lowest BCUT2D eigenvalue weighted by molar-refractivity contribution is -0.0548. The minimum Gasteiger partial charge on any atom is -0.452 e. The van der Waals surface area contributed by atoms with E-state index in [1.165, 1.54) is 67.2 Å². The molecule has 1 aliphatic rings. The van der Waals surface area contributed by atoms with E-state index in [-0.39, 0.29) is 39.2 Å². The first-order chi connectivity index (χ1) is 32.0. The molecule has 5 atom stereocenters. The lowest BCUT2D eigenvalue weighted by atomic mass is 10.1. The van der Waals surface area contributed by atoms with Gasteiger partial charge in [0.1, 0.15) is 18.8 Å². The minimum atomic E-state index is -4.55. The molecule has 0 saturated carbocycles. The first kappa shape index (κ1) is 46.8. The molecule has 1 aliphatic heterocycles. The molecular formula is C47H47N8O10P. The van der Waals surface area contributed by atoms with E-state index in [4.69, 9.17) is 18.7 Å². The van der Waals surface area contributed by atoms with Crippen LogP contribution >= 0.6 is 7.75 Å². The Balaban J connectivity index is 0.000000858. The van der Waals surface area contributed by atoms with Crippen molar-refractivity contribution in [3.05, 3.63) is 175 Å². The van der Waals surface area contributed by atoms with Crippen LogP contribution in [0.5, 0.6) is 0 Å². The third-order valence-corrected chi connectivity index (χ3v) is 11.9. The highest BCUT2D eigenvalue weighted by molar-refractivity contribution is 7.51. The number of nitrogens with zero attached hydrogens (tertiary/aromatic N) is 8. The fraction of sp³-hybridized carbons (Fsp3) is 0.234. The number of hydrogen-bond donors (Lipinski definition) is 1. The normalized spacial score (nSPS) is 17.6. The number of carbonyl (C=O) groups is 4. The van der Waals surface area contributed by atoms with Crippen molar-refractivity contribution < 1.29 is 47.4 Å². The van der Waals surface area contributed by atoms with Crippen molar-refractivity contribution in [2.75, 3.05) is 31.1 Å². The summed E-state index contributed by atoms with van der Waals surface area (Å²) in [6.07, 6.45) is 0.347. The predicted octanol–water partition coefficient (Wildman–Crippen LogP) is 6.87. The van der Waals surface area contributed by atoms with Crippen LogP contribution in [0.15, 0.2) is 153 Å². The molecule has 3 aromatic heterocycles. The van der Waals surface area contributed by atoms with E-state index >= 15 is 0 Å². The van der Waals surface area contributed by atoms with Crippen molar-refractivity contribution in [1.82, 2.24) is 33.7 Å². The van der Waals surface area contributed by atoms with Crippen molar-refractivity contribution in [2.24, 2.45) is 0 Å². The highest BCUT2D eigenvalue weighted by Crippen LogP contribution is 2.45. The molecule has 8 rings (SSSR count). The summed E-state index contributed by atoms with van der Waals surface area (Å²) >= 11 is 0. The van der Waals surface area contributed by atoms with Crippen molar-refractivity contribution in [3.63, 3.8) is 0 Å². The Hall–Kier alpha value is -7.21. The molecule has 0 radical (unpaired) electrons. The van der Waals surface area contributed by atoms with E-state index in [0.29, 0.717) is 0 Å². The second-order valence-corrected chi connectivity index (χ2v) is 16.3. The molecule has 1 fully saturated rings. The zero-order chi connectivity index (χ0) is 46.6. The van der Waals surface area contributed by atoms with Crippen molar-refractivity contribution >= 4 is 48.5 Å². The Bertz CT molecular complexity index is 2700. The van der Waals surface area contributed by atoms with Crippen LogP contribution in [0.3, 0.4) is 0 Å². The molecule has 19 heteroatoms. The lowest BCUT2D eigenvalue weighted by Crippen LogP contribution is -2.41. The number of anilines is 1. The Morgan fingerprint density at radius 1 is 0.682 bits per heavy atom. The molecule has 0 spiro atoms. The molecule has 2 amide bonds. The van der Waals surface area contributed by atoms with Gasteiger partial charge >= 0.3 is 19.7 Å². The molecule has 1 N–H and O–H groups in total. The number of imide groups is 1. The summed E-state index contributed by atoms with van der Waals surface area (Å²) < 4.78 is 39.5. The van der Waals surface area contributed by atoms with Gasteiger partial charge in [-0.05, 0) is 68.2 Å². The van der Waals surface area contributed by atoms with Gasteiger partial charge in [0, 0.05) is 23.5 Å². The topological polar surface area (TPSA) is 210 Å². The first-order valence-corrected chi connectivity index (χ1v) is 22.6. The summed E-state index contributed by atoms with van der Waals surface area (Å²) in [4.78, 5) is 86.8. The number of esters is 2. The number of fused-ring (bicyclic) bond motifs is 1. The zero-order valence-corrected chi connectivity index (χ0v) is 37.1. The zero-order valence-electron chi connectivity index (χ0n) is 36.2. The number of carbonyl (C=O) groups excluding carboxylic acids is 4. The van der Waals surface area contributed by atoms with Crippen molar-refractivity contribution in [1.29, 1.82) is 0 Å². The van der Waals surface area contributed by atoms with E-state index < -0.39 is 62.6 Å². The fourth-order valence-electron chi connectivity index (χ4n) is 7.07. The monoisotopic (exact) mass is 914 g/mol. The van der Waals surface area contributed by atoms with Crippen LogP contribution in [-0.2, 0) is 23.3 Å². The van der Waals surface area contributed by atoms with Crippen LogP contribution in [-0.4, -0.2) is 107 Å². The summed E-state index contributed by atoms with van der Waals surface area (Å²) in [6.45, 7) is 9.48. The van der Waals surface area contributed by atoms with E-state index in [0.717, 1.165) is 21.9 Å². The Kier molecular flexibility index (Phi) is 15.3. The van der Waals surface area contributed by atoms with Gasteiger partial charge in [-0.2, -0.15) is 0 Å². The summed E-state index contributed by atoms with van der Waals surface area (Å²) in [6, 6.07) is 32.4. The Morgan fingerprint density at radius 3 is 1.65 bits per heavy atom. The molecule has 4 heterocycles. The maximum Gasteiger partial charge on any atom is 0.437 e. The number of aromatic nitrogens is 6. The SMILES string of the molecule is CCN(CC)CC.O=C(O[C@@H]1[C@H](OC(=O)c2ccccc2)[C@@H](COP(=O)(O)n2ccnc2)O[C@H]1n1cnc2c(N(C(=O)c3ccccc3)C(=O)c3ccccc3)ncnc21)c1ccccc1. The quantitative estimate of drug-likeness (QED) is 0.0632. The molecule has 4 aromatic carbocycles. The molecule has 66 heavy (non-hydrogen) atoms. The summed E-state index contributed by atoms with van der Waals surface area (Å²) in [7, 11) is -4.55. The van der Waals surface area contributed by atoms with Gasteiger partial charge < -0.3 is 24.0 Å². The van der Waals surface area contributed by atoms with Gasteiger partial charge in [0.15, 0.2) is 35.4 Å². The molecule has 7 aromatic rings. The first-order valence-electron chi connectivity index (χ1n) is 21.1. The molecule has 0 bridgehead atoms. The molecular weight excluding hydrogens is 868 g/mol. The maximum absolute atomic E-state index is 14.1. The summed E-state index contributed by atoms with van der Waals surface area (Å²) in [5.41, 5.74) is 0.708. The van der Waals surface area contributed by atoms with Gasteiger partial charge in [-0.3, -0.25) is 18.7 Å². The Labute approximate surface area is 380 Å². The molecule has 1 unspecified atom stereocenters. The summed E-state index contributed by atoms with van der Waals surface area (Å²) in [5, 5.41) is 0. The second kappa shape index (κ2) is 21.6. The van der Waals surface area contributed by atoms with Crippen molar-refractivity contribution in [3.8, 4) is 0 Å². The lowest BCUT2D eigenvalue weighted by Gasteiger charge is -2.25. The van der Waals surface area contributed by atoms with Gasteiger partial charge in [0.2, 0.25) is 0 Å². The molecule has 18 nitrogen and oxygen atoms in total. The standard InChI is InChI=1S/C41H32N7O10P.C6H15N/c49-37(27-13-5-1-6-14-27)48(38(50)28-15-7-2-8-16-28)36-32-35(43-24-44-36)47(26-45-32)39-34(58-41(52)30-19-11-4-12-20-30)33(57-40(51)29-17-9-3-10-18-29)31(56-39)23-55-59(53,54)46-22-21-42-25-46;1-4-7(5-2)6-3/h1-22,24-26,31,33-34,39H,23H2,(H,53,54);4-6H2,1-3H3/t31-,33-,34-,39-;/m1./s1. The number of imidazole rings is 2. The van der Waals surface area contributed by atoms with Gasteiger partial charge in [0.05, 0.1) is 24.1 Å². The van der Waals surface area contributed by atoms with Crippen LogP contribution in [0.4, 0.5) is 5.82 Å². The highest BCUT2D eigenvalue weighted by Gasteiger charge is 2.52. The van der Waals surface area contributed by atoms with Gasteiger partial charge in [-0.1, -0.05) is 93.6 Å². The third-order valence-electron chi connectivity index (χ3n) is 10.6. The molecule has 0 aliphatic carbocycles. The number of benzene rings is 4. The third kappa shape index (κ3) is 10.7. The summed E-state index contributed by atoms with van der Waals surface area (Å²) in [5.74, 6) is -3.19. The largest absolute Gasteiger partial charge is 0.452 e. The number of hydrogen-bond acceptors (Lipinski definition) is 14.